The molecule has 0 aliphatic rings. The van der Waals surface area contributed by atoms with Crippen molar-refractivity contribution in [3.05, 3.63) is 53.3 Å². The molecule has 20 heavy (non-hydrogen) atoms. The normalized spacial score (nSPS) is 12.7. The number of thiophene rings is 1. The summed E-state index contributed by atoms with van der Waals surface area (Å²) >= 11 is 12.1. The van der Waals surface area contributed by atoms with Crippen LogP contribution in [0.4, 0.5) is 4.39 Å². The van der Waals surface area contributed by atoms with E-state index in [1.165, 1.54) is 11.6 Å². The highest BCUT2D eigenvalue weighted by molar-refractivity contribution is 9.12. The number of rotatable bonds is 5. The van der Waals surface area contributed by atoms with Crippen molar-refractivity contribution in [3.63, 3.8) is 0 Å². The van der Waals surface area contributed by atoms with Gasteiger partial charge >= 0.3 is 0 Å². The molecule has 0 spiro atoms. The van der Waals surface area contributed by atoms with Crippen molar-refractivity contribution < 1.29 is 4.39 Å². The standard InChI is InChI=1S/C14H13Br3FNS/c1-2-19-12(11-7-13(16)20-14(11)17)5-8-3-9(15)6-10(18)4-8/h3-4,6-7,12,19H,2,5H2,1H3. The second kappa shape index (κ2) is 7.49. The summed E-state index contributed by atoms with van der Waals surface area (Å²) in [4.78, 5) is 0. The zero-order valence-corrected chi connectivity index (χ0v) is 16.3. The third-order valence-corrected chi connectivity index (χ3v) is 5.71. The molecule has 0 amide bonds. The van der Waals surface area contributed by atoms with Crippen LogP contribution in [0, 0.1) is 5.82 Å². The first-order chi connectivity index (χ1) is 9.49. The molecule has 2 rings (SSSR count). The summed E-state index contributed by atoms with van der Waals surface area (Å²) in [5.41, 5.74) is 2.17. The number of halogens is 4. The lowest BCUT2D eigenvalue weighted by atomic mass is 10.0. The van der Waals surface area contributed by atoms with Crippen molar-refractivity contribution in [3.8, 4) is 0 Å². The fourth-order valence-electron chi connectivity index (χ4n) is 2.09. The Labute approximate surface area is 147 Å². The molecule has 0 fully saturated rings. The third kappa shape index (κ3) is 4.37. The molecule has 1 atom stereocenters. The molecule has 1 unspecified atom stereocenters. The summed E-state index contributed by atoms with van der Waals surface area (Å²) in [6.45, 7) is 2.94. The van der Waals surface area contributed by atoms with Crippen LogP contribution in [0.25, 0.3) is 0 Å². The molecule has 1 nitrogen and oxygen atoms in total. The van der Waals surface area contributed by atoms with E-state index in [4.69, 9.17) is 0 Å². The number of nitrogens with one attached hydrogen (secondary N) is 1. The van der Waals surface area contributed by atoms with Gasteiger partial charge in [-0.15, -0.1) is 11.3 Å². The predicted octanol–water partition coefficient (Wildman–Crippen LogP) is 6.07. The van der Waals surface area contributed by atoms with E-state index < -0.39 is 0 Å². The van der Waals surface area contributed by atoms with Crippen molar-refractivity contribution in [2.75, 3.05) is 6.54 Å². The summed E-state index contributed by atoms with van der Waals surface area (Å²) in [6.07, 6.45) is 0.742. The summed E-state index contributed by atoms with van der Waals surface area (Å²) < 4.78 is 16.4. The van der Waals surface area contributed by atoms with Crippen LogP contribution in [0.3, 0.4) is 0 Å². The topological polar surface area (TPSA) is 12.0 Å². The van der Waals surface area contributed by atoms with Crippen LogP contribution in [0.1, 0.15) is 24.1 Å². The lowest BCUT2D eigenvalue weighted by Gasteiger charge is -2.18. The number of likely N-dealkylation sites (N-methyl/N-ethyl adjacent to an activating group) is 1. The van der Waals surface area contributed by atoms with E-state index in [9.17, 15) is 4.39 Å². The second-order valence-corrected chi connectivity index (χ2v) is 9.04. The molecule has 1 heterocycles. The van der Waals surface area contributed by atoms with Gasteiger partial charge in [0.1, 0.15) is 5.82 Å². The van der Waals surface area contributed by atoms with Crippen molar-refractivity contribution >= 4 is 59.1 Å². The Morgan fingerprint density at radius 2 is 1.95 bits per heavy atom. The Morgan fingerprint density at radius 3 is 2.50 bits per heavy atom. The van der Waals surface area contributed by atoms with Crippen molar-refractivity contribution in [1.29, 1.82) is 0 Å². The van der Waals surface area contributed by atoms with Gasteiger partial charge in [0.05, 0.1) is 7.57 Å². The average molecular weight is 486 g/mol. The minimum atomic E-state index is -0.213. The Morgan fingerprint density at radius 1 is 1.20 bits per heavy atom. The monoisotopic (exact) mass is 483 g/mol. The van der Waals surface area contributed by atoms with Crippen LogP contribution < -0.4 is 5.32 Å². The molecule has 1 aromatic carbocycles. The van der Waals surface area contributed by atoms with Crippen molar-refractivity contribution in [1.82, 2.24) is 5.32 Å². The minimum absolute atomic E-state index is 0.158. The van der Waals surface area contributed by atoms with E-state index in [0.29, 0.717) is 0 Å². The minimum Gasteiger partial charge on any atom is -0.310 e. The van der Waals surface area contributed by atoms with Crippen LogP contribution in [0.15, 0.2) is 36.3 Å². The quantitative estimate of drug-likeness (QED) is 0.542. The van der Waals surface area contributed by atoms with Gasteiger partial charge in [0.15, 0.2) is 0 Å². The Balaban J connectivity index is 2.27. The van der Waals surface area contributed by atoms with Gasteiger partial charge in [-0.1, -0.05) is 22.9 Å². The van der Waals surface area contributed by atoms with Crippen LogP contribution in [0.2, 0.25) is 0 Å². The molecular weight excluding hydrogens is 473 g/mol. The Hall–Kier alpha value is 0.250. The van der Waals surface area contributed by atoms with Gasteiger partial charge in [-0.05, 0) is 80.2 Å². The number of benzene rings is 1. The fourth-order valence-corrected chi connectivity index (χ4v) is 5.58. The van der Waals surface area contributed by atoms with Gasteiger partial charge in [0.25, 0.3) is 0 Å². The molecule has 6 heteroatoms. The van der Waals surface area contributed by atoms with Gasteiger partial charge in [0.2, 0.25) is 0 Å². The molecule has 1 N–H and O–H groups in total. The van der Waals surface area contributed by atoms with Crippen molar-refractivity contribution in [2.45, 2.75) is 19.4 Å². The number of hydrogen-bond acceptors (Lipinski definition) is 2. The Bertz CT molecular complexity index is 580. The van der Waals surface area contributed by atoms with E-state index >= 15 is 0 Å². The van der Waals surface area contributed by atoms with Crippen LogP contribution in [0.5, 0.6) is 0 Å². The van der Waals surface area contributed by atoms with Gasteiger partial charge in [-0.2, -0.15) is 0 Å². The summed E-state index contributed by atoms with van der Waals surface area (Å²) in [5, 5.41) is 3.46. The summed E-state index contributed by atoms with van der Waals surface area (Å²) in [6, 6.07) is 7.29. The molecule has 1 aromatic heterocycles. The van der Waals surface area contributed by atoms with Gasteiger partial charge < -0.3 is 5.32 Å². The highest BCUT2D eigenvalue weighted by atomic mass is 79.9. The summed E-state index contributed by atoms with van der Waals surface area (Å²) in [7, 11) is 0. The highest BCUT2D eigenvalue weighted by Gasteiger charge is 2.17. The smallest absolute Gasteiger partial charge is 0.124 e. The first kappa shape index (κ1) is 16.6. The zero-order valence-electron chi connectivity index (χ0n) is 10.7. The largest absolute Gasteiger partial charge is 0.310 e. The van der Waals surface area contributed by atoms with E-state index in [1.54, 1.807) is 17.4 Å². The molecule has 2 aromatic rings. The summed E-state index contributed by atoms with van der Waals surface area (Å²) in [5.74, 6) is -0.213. The highest BCUT2D eigenvalue weighted by Crippen LogP contribution is 2.36. The molecule has 0 saturated heterocycles. The van der Waals surface area contributed by atoms with E-state index in [-0.39, 0.29) is 11.9 Å². The molecule has 0 radical (unpaired) electrons. The molecule has 0 aliphatic carbocycles. The third-order valence-electron chi connectivity index (χ3n) is 2.87. The average Bonchev–Trinajstić information content (AvgIpc) is 2.66. The SMILES string of the molecule is CCNC(Cc1cc(F)cc(Br)c1)c1cc(Br)sc1Br. The van der Waals surface area contributed by atoms with Crippen LogP contribution in [-0.4, -0.2) is 6.54 Å². The fraction of sp³-hybridized carbons (Fsp3) is 0.286. The number of hydrogen-bond donors (Lipinski definition) is 1. The molecule has 0 bridgehead atoms. The zero-order chi connectivity index (χ0) is 14.7. The maximum absolute atomic E-state index is 13.5. The lowest BCUT2D eigenvalue weighted by Crippen LogP contribution is -2.22. The lowest BCUT2D eigenvalue weighted by molar-refractivity contribution is 0.546. The van der Waals surface area contributed by atoms with Crippen molar-refractivity contribution in [2.24, 2.45) is 0 Å². The first-order valence-electron chi connectivity index (χ1n) is 6.12. The first-order valence-corrected chi connectivity index (χ1v) is 9.32. The molecule has 0 aliphatic heterocycles. The molecular formula is C14H13Br3FNS. The predicted molar refractivity (Wildman–Crippen MR) is 93.9 cm³/mol. The van der Waals surface area contributed by atoms with Crippen LogP contribution >= 0.6 is 59.1 Å². The molecule has 108 valence electrons. The maximum Gasteiger partial charge on any atom is 0.124 e. The van der Waals surface area contributed by atoms with E-state index in [2.05, 4.69) is 66.1 Å². The van der Waals surface area contributed by atoms with Gasteiger partial charge in [0, 0.05) is 10.5 Å². The molecule has 0 saturated carbocycles. The van der Waals surface area contributed by atoms with Gasteiger partial charge in [-0.3, -0.25) is 0 Å². The van der Waals surface area contributed by atoms with Crippen LogP contribution in [-0.2, 0) is 6.42 Å². The maximum atomic E-state index is 13.5. The van der Waals surface area contributed by atoms with Gasteiger partial charge in [-0.25, -0.2) is 4.39 Å². The Kier molecular flexibility index (Phi) is 6.23. The van der Waals surface area contributed by atoms with E-state index in [1.807, 2.05) is 6.07 Å². The second-order valence-electron chi connectivity index (χ2n) is 4.37. The van der Waals surface area contributed by atoms with E-state index in [0.717, 1.165) is 30.6 Å².